The van der Waals surface area contributed by atoms with Crippen LogP contribution in [0.3, 0.4) is 0 Å². The Kier molecular flexibility index (Phi) is 16.3. The van der Waals surface area contributed by atoms with Crippen LogP contribution in [0.1, 0.15) is 121 Å². The van der Waals surface area contributed by atoms with Crippen LogP contribution in [0.5, 0.6) is 0 Å². The lowest BCUT2D eigenvalue weighted by Gasteiger charge is -2.37. The van der Waals surface area contributed by atoms with Crippen LogP contribution in [0.15, 0.2) is 47.4 Å². The Morgan fingerprint density at radius 1 is 0.860 bits per heavy atom. The zero-order valence-corrected chi connectivity index (χ0v) is 36.1. The summed E-state index contributed by atoms with van der Waals surface area (Å²) in [6.07, 6.45) is 9.36. The van der Waals surface area contributed by atoms with Gasteiger partial charge in [0.05, 0.1) is 55.9 Å². The Morgan fingerprint density at radius 2 is 1.40 bits per heavy atom. The van der Waals surface area contributed by atoms with Gasteiger partial charge in [-0.15, -0.1) is 27.5 Å². The van der Waals surface area contributed by atoms with E-state index in [1.165, 1.54) is 69.4 Å². The number of hydrogen-bond donors (Lipinski definition) is 7. The number of piperidine rings is 2. The van der Waals surface area contributed by atoms with E-state index >= 15 is 0 Å². The molecule has 5 aromatic rings. The number of rotatable bonds is 8. The van der Waals surface area contributed by atoms with Gasteiger partial charge in [0.2, 0.25) is 0 Å². The molecular weight excluding hydrogens is 805 g/mol. The minimum atomic E-state index is -0.964. The molecule has 2 saturated heterocycles. The average molecular weight is 857 g/mol. The summed E-state index contributed by atoms with van der Waals surface area (Å²) in [5, 5.41) is 57.1. The third-order valence-corrected chi connectivity index (χ3v) is 13.2. The number of nitrogens with two attached hydrogens (primary N) is 1. The van der Waals surface area contributed by atoms with Gasteiger partial charge in [-0.05, 0) is 125 Å². The number of likely N-dealkylation sites (tertiary alicyclic amines) is 1. The van der Waals surface area contributed by atoms with Gasteiger partial charge in [0.1, 0.15) is 5.00 Å². The standard InChI is InChI=1S/C19H23N5O2S2.C12H20N2OS.C5H5NO2S.C2H4N2/c1-12-4-5-13(15-10-16(28-22-15)19(2,3)26)11-23(12)17(25)14-6-9-27-18(14)24-20-7-8-21-24;1-8-4-5-9(7-13-8)10-6-11(16-14-10)12(2,3)15;6-4-3(5(7)8)1-2-9-4;3-1-2-4/h6-10,12-13,26H,4-5,11H2,1-3H3;6,8-9,13,15H,4-5,7H2,1-3H3;1-2H,6H2,(H,7,8);1-4H/t12-,13-;8-,9-;;/m11../s1. The van der Waals surface area contributed by atoms with E-state index in [1.54, 1.807) is 31.6 Å². The average Bonchev–Trinajstić information content (AvgIpc) is 4.01. The number of amides is 1. The monoisotopic (exact) mass is 856 g/mol. The van der Waals surface area contributed by atoms with E-state index in [1.807, 2.05) is 36.3 Å². The van der Waals surface area contributed by atoms with Crippen LogP contribution in [0.25, 0.3) is 5.00 Å². The summed E-state index contributed by atoms with van der Waals surface area (Å²) in [4.78, 5) is 28.8. The summed E-state index contributed by atoms with van der Waals surface area (Å²) < 4.78 is 9.04. The molecule has 0 saturated carbocycles. The van der Waals surface area contributed by atoms with E-state index in [9.17, 15) is 19.8 Å². The molecule has 7 rings (SSSR count). The predicted molar refractivity (Wildman–Crippen MR) is 229 cm³/mol. The third-order valence-electron chi connectivity index (χ3n) is 9.39. The highest BCUT2D eigenvalue weighted by atomic mass is 32.1. The Labute approximate surface area is 348 Å². The molecule has 19 heteroatoms. The van der Waals surface area contributed by atoms with Gasteiger partial charge in [0, 0.05) is 49.4 Å². The van der Waals surface area contributed by atoms with Crippen LogP contribution in [0.2, 0.25) is 0 Å². The second-order valence-corrected chi connectivity index (χ2v) is 18.3. The summed E-state index contributed by atoms with van der Waals surface area (Å²) in [5.74, 6) is -0.265. The molecule has 0 aliphatic carbocycles. The predicted octanol–water partition coefficient (Wildman–Crippen LogP) is 6.96. The largest absolute Gasteiger partial charge is 0.478 e. The Morgan fingerprint density at radius 3 is 1.86 bits per heavy atom. The van der Waals surface area contributed by atoms with Crippen molar-refractivity contribution in [3.8, 4) is 5.00 Å². The molecule has 0 aromatic carbocycles. The van der Waals surface area contributed by atoms with Crippen molar-refractivity contribution in [2.75, 3.05) is 18.8 Å². The van der Waals surface area contributed by atoms with Crippen LogP contribution in [-0.4, -0.2) is 93.4 Å². The van der Waals surface area contributed by atoms with Gasteiger partial charge in [-0.1, -0.05) is 0 Å². The first-order chi connectivity index (χ1) is 26.9. The maximum absolute atomic E-state index is 13.3. The van der Waals surface area contributed by atoms with Gasteiger partial charge in [-0.3, -0.25) is 4.79 Å². The SMILES string of the molecule is C[C@@H]1CC[C@@H](c2cc(C(C)(C)O)sn2)CN1.C[C@@H]1CC[C@@H](c2cc(C(C)(C)O)sn2)CN1C(=O)c1ccsc1-n1nccn1.N=CC=N.Nc1sccc1C(=O)O. The number of hydrogen-bond acceptors (Lipinski definition) is 16. The molecule has 7 heterocycles. The first-order valence-corrected chi connectivity index (χ1v) is 21.7. The number of carbonyl (C=O) groups is 2. The van der Waals surface area contributed by atoms with Crippen molar-refractivity contribution >= 4 is 75.0 Å². The number of nitrogens with one attached hydrogen (secondary N) is 3. The number of aliphatic hydroxyl groups is 2. The minimum absolute atomic E-state index is 0.00342. The van der Waals surface area contributed by atoms with Crippen molar-refractivity contribution in [3.05, 3.63) is 79.7 Å². The molecule has 1 amide bonds. The summed E-state index contributed by atoms with van der Waals surface area (Å²) >= 11 is 5.45. The molecule has 4 atom stereocenters. The maximum Gasteiger partial charge on any atom is 0.338 e. The van der Waals surface area contributed by atoms with E-state index in [4.69, 9.17) is 21.7 Å². The number of anilines is 1. The second-order valence-electron chi connectivity index (χ2n) is 14.8. The summed E-state index contributed by atoms with van der Waals surface area (Å²) in [7, 11) is 0. The molecule has 5 aromatic heterocycles. The second kappa shape index (κ2) is 20.4. The van der Waals surface area contributed by atoms with Crippen molar-refractivity contribution < 1.29 is 24.9 Å². The molecule has 57 heavy (non-hydrogen) atoms. The highest BCUT2D eigenvalue weighted by Crippen LogP contribution is 2.35. The number of carbonyl (C=O) groups excluding carboxylic acids is 1. The van der Waals surface area contributed by atoms with Crippen LogP contribution in [0.4, 0.5) is 5.00 Å². The summed E-state index contributed by atoms with van der Waals surface area (Å²) in [5.41, 5.74) is 6.55. The van der Waals surface area contributed by atoms with E-state index < -0.39 is 17.2 Å². The molecule has 0 spiro atoms. The number of carboxylic acid groups (broad SMARTS) is 1. The Hall–Kier alpha value is -4.24. The lowest BCUT2D eigenvalue weighted by atomic mass is 9.90. The van der Waals surface area contributed by atoms with E-state index in [0.717, 1.165) is 58.0 Å². The normalized spacial score (nSPS) is 19.5. The van der Waals surface area contributed by atoms with E-state index in [0.29, 0.717) is 29.1 Å². The van der Waals surface area contributed by atoms with Crippen molar-refractivity contribution in [2.45, 2.75) is 102 Å². The van der Waals surface area contributed by atoms with Crippen LogP contribution in [-0.2, 0) is 11.2 Å². The molecule has 8 N–H and O–H groups in total. The number of aromatic nitrogens is 5. The van der Waals surface area contributed by atoms with Gasteiger partial charge >= 0.3 is 5.97 Å². The zero-order valence-electron chi connectivity index (χ0n) is 32.9. The molecule has 0 radical (unpaired) electrons. The van der Waals surface area contributed by atoms with Gasteiger partial charge in [0.15, 0.2) is 5.00 Å². The topological polar surface area (TPSA) is 240 Å². The van der Waals surface area contributed by atoms with Crippen molar-refractivity contribution in [3.63, 3.8) is 0 Å². The fraction of sp³-hybridized carbons (Fsp3) is 0.474. The van der Waals surface area contributed by atoms with Gasteiger partial charge in [0.25, 0.3) is 5.91 Å². The van der Waals surface area contributed by atoms with Crippen LogP contribution >= 0.6 is 45.7 Å². The van der Waals surface area contributed by atoms with Gasteiger partial charge in [-0.25, -0.2) is 4.79 Å². The smallest absolute Gasteiger partial charge is 0.338 e. The number of carboxylic acids is 1. The summed E-state index contributed by atoms with van der Waals surface area (Å²) in [6.45, 7) is 13.1. The third kappa shape index (κ3) is 12.6. The van der Waals surface area contributed by atoms with E-state index in [-0.39, 0.29) is 23.4 Å². The molecule has 2 aliphatic rings. The van der Waals surface area contributed by atoms with Crippen molar-refractivity contribution in [1.82, 2.24) is 34.0 Å². The molecule has 0 unspecified atom stereocenters. The number of thiophene rings is 2. The molecule has 308 valence electrons. The van der Waals surface area contributed by atoms with Crippen molar-refractivity contribution in [2.24, 2.45) is 0 Å². The number of nitrogens with zero attached hydrogens (tertiary/aromatic N) is 6. The number of aromatic carboxylic acids is 1. The minimum Gasteiger partial charge on any atom is -0.478 e. The molecule has 2 fully saturated rings. The Balaban J connectivity index is 0.000000207. The van der Waals surface area contributed by atoms with E-state index in [2.05, 4.69) is 44.2 Å². The van der Waals surface area contributed by atoms with Crippen molar-refractivity contribution in [1.29, 1.82) is 10.8 Å². The Bertz CT molecular complexity index is 2030. The first-order valence-electron chi connectivity index (χ1n) is 18.4. The van der Waals surface area contributed by atoms with Gasteiger partial charge < -0.3 is 42.1 Å². The van der Waals surface area contributed by atoms with Crippen LogP contribution in [0, 0.1) is 10.8 Å². The van der Waals surface area contributed by atoms with Crippen LogP contribution < -0.4 is 11.1 Å². The molecule has 2 aliphatic heterocycles. The maximum atomic E-state index is 13.3. The molecular formula is C38H52N10O5S4. The fourth-order valence-electron chi connectivity index (χ4n) is 6.01. The quantitative estimate of drug-likeness (QED) is 0.0787. The molecule has 0 bridgehead atoms. The van der Waals surface area contributed by atoms with Gasteiger partial charge in [-0.2, -0.15) is 18.9 Å². The highest BCUT2D eigenvalue weighted by molar-refractivity contribution is 7.14. The first kappa shape index (κ1) is 45.5. The molecule has 15 nitrogen and oxygen atoms in total. The fourth-order valence-corrected chi connectivity index (χ4v) is 9.06. The zero-order chi connectivity index (χ0) is 41.9. The summed E-state index contributed by atoms with van der Waals surface area (Å²) in [6, 6.07) is 8.17. The lowest BCUT2D eigenvalue weighted by molar-refractivity contribution is 0.0606. The lowest BCUT2D eigenvalue weighted by Crippen LogP contribution is -2.45. The highest BCUT2D eigenvalue weighted by Gasteiger charge is 2.34. The number of nitrogen functional groups attached to an aromatic ring is 1.